The average molecular weight is 453 g/mol. The van der Waals surface area contributed by atoms with Crippen molar-refractivity contribution in [1.82, 2.24) is 24.5 Å². The monoisotopic (exact) mass is 452 g/mol. The van der Waals surface area contributed by atoms with E-state index in [0.717, 1.165) is 46.7 Å². The van der Waals surface area contributed by atoms with Crippen LogP contribution in [0.5, 0.6) is 0 Å². The van der Waals surface area contributed by atoms with Gasteiger partial charge in [0.1, 0.15) is 5.60 Å². The fraction of sp³-hybridized carbons (Fsp3) is 0.583. The van der Waals surface area contributed by atoms with Gasteiger partial charge >= 0.3 is 0 Å². The highest BCUT2D eigenvalue weighted by Crippen LogP contribution is 2.31. The molecule has 0 aliphatic heterocycles. The fourth-order valence-corrected chi connectivity index (χ4v) is 5.15. The predicted octanol–water partition coefficient (Wildman–Crippen LogP) is 4.53. The molecule has 0 amide bonds. The summed E-state index contributed by atoms with van der Waals surface area (Å²) in [6.07, 6.45) is 9.22. The number of nitrogens with zero attached hydrogens (tertiary/aromatic N) is 5. The van der Waals surface area contributed by atoms with Gasteiger partial charge in [0.05, 0.1) is 17.9 Å². The van der Waals surface area contributed by atoms with Crippen LogP contribution in [0.25, 0.3) is 11.2 Å². The van der Waals surface area contributed by atoms with Gasteiger partial charge in [0.15, 0.2) is 17.0 Å². The first-order valence-corrected chi connectivity index (χ1v) is 12.4. The molecule has 32 heavy (non-hydrogen) atoms. The molecule has 7 nitrogen and oxygen atoms in total. The highest BCUT2D eigenvalue weighted by atomic mass is 32.1. The SMILES string of the molecule is CCC(CC)Nc1nc(C#CC2(O)CCCC(C)C2)nc2c1ncn2Cc1cnc(C)s1. The van der Waals surface area contributed by atoms with Crippen molar-refractivity contribution in [2.45, 2.75) is 84.4 Å². The summed E-state index contributed by atoms with van der Waals surface area (Å²) in [6, 6.07) is 0.298. The fourth-order valence-electron chi connectivity index (χ4n) is 4.36. The quantitative estimate of drug-likeness (QED) is 0.534. The summed E-state index contributed by atoms with van der Waals surface area (Å²) >= 11 is 1.67. The third kappa shape index (κ3) is 5.11. The first-order chi connectivity index (χ1) is 15.4. The number of rotatable bonds is 6. The van der Waals surface area contributed by atoms with Crippen molar-refractivity contribution in [3.8, 4) is 11.8 Å². The Labute approximate surface area is 193 Å². The number of imidazole rings is 1. The zero-order chi connectivity index (χ0) is 22.7. The lowest BCUT2D eigenvalue weighted by molar-refractivity contribution is 0.0410. The van der Waals surface area contributed by atoms with Gasteiger partial charge in [-0.15, -0.1) is 11.3 Å². The molecule has 1 aliphatic rings. The lowest BCUT2D eigenvalue weighted by atomic mass is 9.79. The molecule has 2 N–H and O–H groups in total. The lowest BCUT2D eigenvalue weighted by Gasteiger charge is -2.30. The number of aliphatic hydroxyl groups is 1. The van der Waals surface area contributed by atoms with E-state index >= 15 is 0 Å². The highest BCUT2D eigenvalue weighted by molar-refractivity contribution is 7.11. The van der Waals surface area contributed by atoms with Crippen molar-refractivity contribution in [1.29, 1.82) is 0 Å². The van der Waals surface area contributed by atoms with E-state index in [1.54, 1.807) is 17.7 Å². The summed E-state index contributed by atoms with van der Waals surface area (Å²) in [5.41, 5.74) is 0.529. The second-order valence-corrected chi connectivity index (χ2v) is 10.2. The summed E-state index contributed by atoms with van der Waals surface area (Å²) in [5.74, 6) is 7.78. The second-order valence-electron chi connectivity index (χ2n) is 8.93. The van der Waals surface area contributed by atoms with E-state index < -0.39 is 5.60 Å². The Morgan fingerprint density at radius 1 is 1.31 bits per heavy atom. The van der Waals surface area contributed by atoms with Crippen LogP contribution >= 0.6 is 11.3 Å². The normalized spacial score (nSPS) is 21.0. The molecule has 8 heteroatoms. The molecule has 0 spiro atoms. The maximum absolute atomic E-state index is 11.0. The lowest BCUT2D eigenvalue weighted by Crippen LogP contribution is -2.32. The van der Waals surface area contributed by atoms with Crippen molar-refractivity contribution < 1.29 is 5.11 Å². The number of nitrogens with one attached hydrogen (secondary N) is 1. The second kappa shape index (κ2) is 9.55. The Morgan fingerprint density at radius 3 is 2.81 bits per heavy atom. The van der Waals surface area contributed by atoms with E-state index in [1.807, 2.05) is 17.7 Å². The van der Waals surface area contributed by atoms with Crippen LogP contribution < -0.4 is 5.32 Å². The summed E-state index contributed by atoms with van der Waals surface area (Å²) < 4.78 is 2.02. The first-order valence-electron chi connectivity index (χ1n) is 11.6. The van der Waals surface area contributed by atoms with Crippen LogP contribution in [-0.2, 0) is 6.54 Å². The summed E-state index contributed by atoms with van der Waals surface area (Å²) in [6.45, 7) is 9.14. The molecule has 2 unspecified atom stereocenters. The summed E-state index contributed by atoms with van der Waals surface area (Å²) in [7, 11) is 0. The zero-order valence-corrected chi connectivity index (χ0v) is 20.2. The van der Waals surface area contributed by atoms with Crippen LogP contribution in [0.1, 0.15) is 75.0 Å². The van der Waals surface area contributed by atoms with Crippen LogP contribution in [-0.4, -0.2) is 41.3 Å². The number of fused-ring (bicyclic) bond motifs is 1. The van der Waals surface area contributed by atoms with Gasteiger partial charge in [-0.05, 0) is 50.9 Å². The summed E-state index contributed by atoms with van der Waals surface area (Å²) in [4.78, 5) is 19.6. The van der Waals surface area contributed by atoms with Crippen LogP contribution in [0.3, 0.4) is 0 Å². The smallest absolute Gasteiger partial charge is 0.209 e. The van der Waals surface area contributed by atoms with Crippen LogP contribution in [0, 0.1) is 24.7 Å². The molecule has 1 saturated carbocycles. The van der Waals surface area contributed by atoms with Gasteiger partial charge in [-0.2, -0.15) is 0 Å². The Kier molecular flexibility index (Phi) is 6.77. The average Bonchev–Trinajstić information content (AvgIpc) is 3.36. The van der Waals surface area contributed by atoms with E-state index in [4.69, 9.17) is 9.97 Å². The summed E-state index contributed by atoms with van der Waals surface area (Å²) in [5, 5.41) is 15.5. The molecular formula is C24H32N6OS. The van der Waals surface area contributed by atoms with Gasteiger partial charge in [-0.3, -0.25) is 0 Å². The zero-order valence-electron chi connectivity index (χ0n) is 19.4. The minimum absolute atomic E-state index is 0.298. The molecule has 0 saturated heterocycles. The number of aryl methyl sites for hydroxylation is 1. The van der Waals surface area contributed by atoms with Crippen molar-refractivity contribution >= 4 is 28.3 Å². The van der Waals surface area contributed by atoms with Crippen molar-refractivity contribution in [3.63, 3.8) is 0 Å². The Bertz CT molecular complexity index is 1140. The van der Waals surface area contributed by atoms with E-state index in [1.165, 1.54) is 0 Å². The molecule has 170 valence electrons. The largest absolute Gasteiger partial charge is 0.378 e. The van der Waals surface area contributed by atoms with Crippen LogP contribution in [0.2, 0.25) is 0 Å². The maximum atomic E-state index is 11.0. The Balaban J connectivity index is 1.73. The molecule has 2 atom stereocenters. The van der Waals surface area contributed by atoms with Gasteiger partial charge in [0.25, 0.3) is 0 Å². The first kappa shape index (κ1) is 22.7. The third-order valence-electron chi connectivity index (χ3n) is 6.17. The molecule has 4 rings (SSSR count). The Morgan fingerprint density at radius 2 is 2.12 bits per heavy atom. The minimum Gasteiger partial charge on any atom is -0.378 e. The molecule has 3 aromatic rings. The maximum Gasteiger partial charge on any atom is 0.209 e. The minimum atomic E-state index is -0.959. The highest BCUT2D eigenvalue weighted by Gasteiger charge is 2.30. The van der Waals surface area contributed by atoms with Crippen LogP contribution in [0.15, 0.2) is 12.5 Å². The van der Waals surface area contributed by atoms with E-state index in [9.17, 15) is 5.11 Å². The van der Waals surface area contributed by atoms with Gasteiger partial charge in [-0.25, -0.2) is 19.9 Å². The molecule has 3 heterocycles. The number of hydrogen-bond donors (Lipinski definition) is 2. The molecule has 1 aliphatic carbocycles. The van der Waals surface area contributed by atoms with Gasteiger partial charge < -0.3 is 15.0 Å². The number of hydrogen-bond acceptors (Lipinski definition) is 7. The number of anilines is 1. The molecule has 3 aromatic heterocycles. The molecule has 1 fully saturated rings. The predicted molar refractivity (Wildman–Crippen MR) is 129 cm³/mol. The topological polar surface area (TPSA) is 88.8 Å². The molecule has 0 radical (unpaired) electrons. The van der Waals surface area contributed by atoms with Gasteiger partial charge in [0.2, 0.25) is 5.82 Å². The van der Waals surface area contributed by atoms with E-state index in [0.29, 0.717) is 43.0 Å². The number of aromatic nitrogens is 5. The van der Waals surface area contributed by atoms with Crippen molar-refractivity contribution in [2.75, 3.05) is 5.32 Å². The molecule has 0 bridgehead atoms. The molecule has 0 aromatic carbocycles. The number of thiazole rings is 1. The van der Waals surface area contributed by atoms with Crippen LogP contribution in [0.4, 0.5) is 5.82 Å². The van der Waals surface area contributed by atoms with Gasteiger partial charge in [-0.1, -0.05) is 33.1 Å². The van der Waals surface area contributed by atoms with Gasteiger partial charge in [0, 0.05) is 17.1 Å². The van der Waals surface area contributed by atoms with Crippen molar-refractivity contribution in [3.05, 3.63) is 28.2 Å². The van der Waals surface area contributed by atoms with E-state index in [2.05, 4.69) is 47.9 Å². The van der Waals surface area contributed by atoms with E-state index in [-0.39, 0.29) is 0 Å². The Hall–Kier alpha value is -2.50. The van der Waals surface area contributed by atoms with Crippen molar-refractivity contribution in [2.24, 2.45) is 5.92 Å². The standard InChI is InChI=1S/C24H32N6OS/c1-5-18(6-2)27-22-21-23(30(15-26-21)14-19-13-25-17(4)32-19)29-20(28-22)9-11-24(31)10-7-8-16(3)12-24/h13,15-16,18,31H,5-8,10,12,14H2,1-4H3,(H,27,28,29). The third-order valence-corrected chi connectivity index (χ3v) is 7.06. The molecular weight excluding hydrogens is 420 g/mol.